The highest BCUT2D eigenvalue weighted by Crippen LogP contribution is 2.37. The number of halogens is 2. The Bertz CT molecular complexity index is 937. The van der Waals surface area contributed by atoms with Crippen molar-refractivity contribution in [3.63, 3.8) is 0 Å². The molecule has 0 amide bonds. The lowest BCUT2D eigenvalue weighted by Crippen LogP contribution is -2.16. The minimum Gasteiger partial charge on any atom is -0.378 e. The summed E-state index contributed by atoms with van der Waals surface area (Å²) in [4.78, 5) is 21.0. The Morgan fingerprint density at radius 1 is 1.52 bits per heavy atom. The molecule has 0 atom stereocenters. The van der Waals surface area contributed by atoms with Crippen LogP contribution in [0.1, 0.15) is 21.4 Å². The summed E-state index contributed by atoms with van der Waals surface area (Å²) in [6.45, 7) is 1.60. The van der Waals surface area contributed by atoms with E-state index >= 15 is 0 Å². The molecule has 0 fully saturated rings. The van der Waals surface area contributed by atoms with Crippen molar-refractivity contribution in [1.82, 2.24) is 10.1 Å². The normalized spacial score (nSPS) is 11.9. The minimum absolute atomic E-state index is 0.0432. The number of aromatic nitrogens is 2. The summed E-state index contributed by atoms with van der Waals surface area (Å²) in [5.74, 6) is -0.519. The van der Waals surface area contributed by atoms with Crippen LogP contribution in [0, 0.1) is 6.92 Å². The maximum Gasteiger partial charge on any atom is 0.377 e. The van der Waals surface area contributed by atoms with Crippen molar-refractivity contribution in [2.75, 3.05) is 0 Å². The summed E-state index contributed by atoms with van der Waals surface area (Å²) in [6, 6.07) is 5.52. The average Bonchev–Trinajstić information content (AvgIpc) is 3.08. The number of rotatable bonds is 3. The zero-order valence-corrected chi connectivity index (χ0v) is 14.7. The quantitative estimate of drug-likeness (QED) is 0.304. The third-order valence-corrected chi connectivity index (χ3v) is 4.89. The van der Waals surface area contributed by atoms with E-state index in [0.29, 0.717) is 10.9 Å². The van der Waals surface area contributed by atoms with Crippen LogP contribution in [0.2, 0.25) is 5.02 Å². The molecule has 0 radical (unpaired) electrons. The number of hydrogen-bond donors (Lipinski definition) is 1. The van der Waals surface area contributed by atoms with Gasteiger partial charge in [0.1, 0.15) is 4.88 Å². The molecule has 0 saturated heterocycles. The lowest BCUT2D eigenvalue weighted by atomic mass is 10.2. The Hall–Kier alpha value is -1.97. The third kappa shape index (κ3) is 3.21. The van der Waals surface area contributed by atoms with Gasteiger partial charge in [-0.25, -0.2) is 4.79 Å². The Labute approximate surface area is 147 Å². The van der Waals surface area contributed by atoms with Crippen molar-refractivity contribution in [2.45, 2.75) is 6.92 Å². The Kier molecular flexibility index (Phi) is 4.33. The van der Waals surface area contributed by atoms with E-state index in [1.165, 1.54) is 11.3 Å². The topological polar surface area (TPSA) is 104 Å². The van der Waals surface area contributed by atoms with Crippen molar-refractivity contribution in [1.29, 1.82) is 0 Å². The van der Waals surface area contributed by atoms with E-state index in [0.717, 1.165) is 14.6 Å². The maximum atomic E-state index is 12.1. The molecule has 0 aliphatic carbocycles. The van der Waals surface area contributed by atoms with E-state index in [1.54, 1.807) is 6.92 Å². The lowest BCUT2D eigenvalue weighted by Gasteiger charge is -1.96. The van der Waals surface area contributed by atoms with Crippen LogP contribution in [-0.4, -0.2) is 21.9 Å². The SMILES string of the molecule is Cc1nc(/C(N)=N/OC(=O)c2sc3cc(Br)ccc3c2Cl)no1. The molecular formula is C13H8BrClN4O3S. The molecule has 2 heterocycles. The van der Waals surface area contributed by atoms with Crippen LogP contribution in [0.3, 0.4) is 0 Å². The molecule has 0 saturated carbocycles. The third-order valence-electron chi connectivity index (χ3n) is 2.76. The molecule has 10 heteroatoms. The average molecular weight is 416 g/mol. The summed E-state index contributed by atoms with van der Waals surface area (Å²) in [5.41, 5.74) is 5.62. The fourth-order valence-electron chi connectivity index (χ4n) is 1.75. The number of fused-ring (bicyclic) bond motifs is 1. The molecule has 3 rings (SSSR count). The van der Waals surface area contributed by atoms with Crippen LogP contribution >= 0.6 is 38.9 Å². The summed E-state index contributed by atoms with van der Waals surface area (Å²) in [7, 11) is 0. The first-order chi connectivity index (χ1) is 11.0. The molecule has 7 nitrogen and oxygen atoms in total. The van der Waals surface area contributed by atoms with Crippen molar-refractivity contribution in [2.24, 2.45) is 10.9 Å². The molecule has 2 N–H and O–H groups in total. The van der Waals surface area contributed by atoms with Crippen LogP contribution in [0.15, 0.2) is 32.4 Å². The monoisotopic (exact) mass is 414 g/mol. The number of nitrogens with zero attached hydrogens (tertiary/aromatic N) is 3. The van der Waals surface area contributed by atoms with Crippen LogP contribution in [0.5, 0.6) is 0 Å². The number of aryl methyl sites for hydroxylation is 1. The lowest BCUT2D eigenvalue weighted by molar-refractivity contribution is 0.0522. The number of carbonyl (C=O) groups is 1. The van der Waals surface area contributed by atoms with Gasteiger partial charge in [-0.2, -0.15) is 4.98 Å². The van der Waals surface area contributed by atoms with Gasteiger partial charge in [0.05, 0.1) is 5.02 Å². The van der Waals surface area contributed by atoms with Gasteiger partial charge in [0.15, 0.2) is 0 Å². The summed E-state index contributed by atoms with van der Waals surface area (Å²) >= 11 is 10.8. The van der Waals surface area contributed by atoms with Gasteiger partial charge >= 0.3 is 5.97 Å². The molecule has 23 heavy (non-hydrogen) atoms. The first-order valence-corrected chi connectivity index (χ1v) is 8.17. The Morgan fingerprint density at radius 3 is 3.00 bits per heavy atom. The van der Waals surface area contributed by atoms with Gasteiger partial charge in [0.2, 0.25) is 17.6 Å². The smallest absolute Gasteiger partial charge is 0.377 e. The maximum absolute atomic E-state index is 12.1. The zero-order chi connectivity index (χ0) is 16.6. The first kappa shape index (κ1) is 15.9. The van der Waals surface area contributed by atoms with Crippen LogP contribution in [0.4, 0.5) is 0 Å². The second-order valence-corrected chi connectivity index (χ2v) is 6.72. The number of benzene rings is 1. The van der Waals surface area contributed by atoms with E-state index < -0.39 is 5.97 Å². The highest BCUT2D eigenvalue weighted by atomic mass is 79.9. The van der Waals surface area contributed by atoms with Crippen molar-refractivity contribution in [3.05, 3.63) is 44.3 Å². The van der Waals surface area contributed by atoms with E-state index in [9.17, 15) is 4.79 Å². The van der Waals surface area contributed by atoms with Crippen LogP contribution in [0.25, 0.3) is 10.1 Å². The van der Waals surface area contributed by atoms with Gasteiger partial charge in [-0.15, -0.1) is 11.3 Å². The van der Waals surface area contributed by atoms with Gasteiger partial charge in [0, 0.05) is 21.5 Å². The molecule has 2 aromatic heterocycles. The molecule has 0 unspecified atom stereocenters. The van der Waals surface area contributed by atoms with E-state index in [1.807, 2.05) is 18.2 Å². The predicted octanol–water partition coefficient (Wildman–Crippen LogP) is 3.49. The highest BCUT2D eigenvalue weighted by Gasteiger charge is 2.19. The number of oxime groups is 1. The Morgan fingerprint density at radius 2 is 2.30 bits per heavy atom. The predicted molar refractivity (Wildman–Crippen MR) is 89.7 cm³/mol. The largest absolute Gasteiger partial charge is 0.378 e. The van der Waals surface area contributed by atoms with Crippen molar-refractivity contribution < 1.29 is 14.2 Å². The number of amidine groups is 1. The fraction of sp³-hybridized carbons (Fsp3) is 0.0769. The van der Waals surface area contributed by atoms with Crippen molar-refractivity contribution >= 4 is 60.8 Å². The van der Waals surface area contributed by atoms with Gasteiger partial charge < -0.3 is 15.1 Å². The van der Waals surface area contributed by atoms with Crippen LogP contribution < -0.4 is 5.73 Å². The molecule has 0 bridgehead atoms. The Balaban J connectivity index is 1.85. The summed E-state index contributed by atoms with van der Waals surface area (Å²) < 4.78 is 6.50. The highest BCUT2D eigenvalue weighted by molar-refractivity contribution is 9.10. The second-order valence-electron chi connectivity index (χ2n) is 4.38. The van der Waals surface area contributed by atoms with E-state index in [-0.39, 0.29) is 16.5 Å². The van der Waals surface area contributed by atoms with E-state index in [4.69, 9.17) is 26.7 Å². The minimum atomic E-state index is -0.713. The fourth-order valence-corrected chi connectivity index (χ4v) is 3.68. The van der Waals surface area contributed by atoms with Gasteiger partial charge in [-0.05, 0) is 12.1 Å². The number of carbonyl (C=O) groups excluding carboxylic acids is 1. The van der Waals surface area contributed by atoms with Gasteiger partial charge in [-0.3, -0.25) is 0 Å². The van der Waals surface area contributed by atoms with E-state index in [2.05, 4.69) is 31.2 Å². The summed E-state index contributed by atoms with van der Waals surface area (Å²) in [5, 5.41) is 8.15. The first-order valence-electron chi connectivity index (χ1n) is 6.18. The molecule has 118 valence electrons. The van der Waals surface area contributed by atoms with Crippen molar-refractivity contribution in [3.8, 4) is 0 Å². The van der Waals surface area contributed by atoms with Gasteiger partial charge in [0.25, 0.3) is 0 Å². The number of thiophene rings is 1. The van der Waals surface area contributed by atoms with Gasteiger partial charge in [-0.1, -0.05) is 43.9 Å². The second kappa shape index (κ2) is 6.26. The number of hydrogen-bond acceptors (Lipinski definition) is 7. The molecule has 0 aliphatic rings. The molecular weight excluding hydrogens is 408 g/mol. The molecule has 0 spiro atoms. The summed E-state index contributed by atoms with van der Waals surface area (Å²) in [6.07, 6.45) is 0. The standard InChI is InChI=1S/C13H8BrClN4O3S/c1-5-17-12(19-21-5)11(16)18-22-13(20)10-9(15)7-3-2-6(14)4-8(7)23-10/h2-4H,1H3,(H2,16,18). The zero-order valence-electron chi connectivity index (χ0n) is 11.5. The molecule has 1 aromatic carbocycles. The molecule has 3 aromatic rings. The molecule has 0 aliphatic heterocycles. The van der Waals surface area contributed by atoms with Crippen LogP contribution in [-0.2, 0) is 4.84 Å². The number of nitrogens with two attached hydrogens (primary N) is 1.